The van der Waals surface area contributed by atoms with Gasteiger partial charge in [0, 0.05) is 11.6 Å². The number of hydrogen-bond donors (Lipinski definition) is 2. The Morgan fingerprint density at radius 1 is 0.821 bits per heavy atom. The van der Waals surface area contributed by atoms with Crippen molar-refractivity contribution in [3.8, 4) is 0 Å². The Kier molecular flexibility index (Phi) is 6.23. The zero-order valence-corrected chi connectivity index (χ0v) is 16.5. The predicted molar refractivity (Wildman–Crippen MR) is 115 cm³/mol. The van der Waals surface area contributed by atoms with E-state index in [2.05, 4.69) is 53.1 Å². The molecule has 3 heteroatoms. The summed E-state index contributed by atoms with van der Waals surface area (Å²) >= 11 is 0. The third kappa shape index (κ3) is 4.53. The first-order valence-electron chi connectivity index (χ1n) is 10.7. The maximum Gasteiger partial charge on any atom is 0.251 e. The van der Waals surface area contributed by atoms with Gasteiger partial charge in [-0.3, -0.25) is 4.79 Å². The van der Waals surface area contributed by atoms with Crippen molar-refractivity contribution in [2.45, 2.75) is 51.0 Å². The molecule has 4 rings (SSSR count). The molecule has 2 aliphatic rings. The highest BCUT2D eigenvalue weighted by Gasteiger charge is 2.19. The van der Waals surface area contributed by atoms with Crippen LogP contribution in [0.5, 0.6) is 0 Å². The number of hydrogen-bond acceptors (Lipinski definition) is 2. The minimum absolute atomic E-state index is 0.0662. The number of benzene rings is 2. The van der Waals surface area contributed by atoms with Gasteiger partial charge in [0.05, 0.1) is 0 Å². The minimum atomic E-state index is 0.0662. The normalized spacial score (nSPS) is 17.9. The number of nitrogens with one attached hydrogen (secondary N) is 2. The summed E-state index contributed by atoms with van der Waals surface area (Å²) < 4.78 is 0. The molecule has 1 heterocycles. The average molecular weight is 375 g/mol. The summed E-state index contributed by atoms with van der Waals surface area (Å²) in [5.74, 6) is 0.0662. The summed E-state index contributed by atoms with van der Waals surface area (Å²) in [6, 6.07) is 19.1. The summed E-state index contributed by atoms with van der Waals surface area (Å²) in [5.41, 5.74) is 5.94. The Hall–Kier alpha value is -2.39. The smallest absolute Gasteiger partial charge is 0.251 e. The van der Waals surface area contributed by atoms with Gasteiger partial charge in [-0.2, -0.15) is 0 Å². The Morgan fingerprint density at radius 2 is 1.50 bits per heavy atom. The van der Waals surface area contributed by atoms with Crippen molar-refractivity contribution in [2.75, 3.05) is 13.1 Å². The second-order valence-corrected chi connectivity index (χ2v) is 7.98. The van der Waals surface area contributed by atoms with Crippen molar-refractivity contribution in [2.24, 2.45) is 0 Å². The molecule has 28 heavy (non-hydrogen) atoms. The molecule has 2 fully saturated rings. The maximum atomic E-state index is 12.9. The highest BCUT2D eigenvalue weighted by molar-refractivity contribution is 5.96. The van der Waals surface area contributed by atoms with Crippen molar-refractivity contribution in [1.82, 2.24) is 10.6 Å². The Labute approximate surface area is 168 Å². The lowest BCUT2D eigenvalue weighted by molar-refractivity contribution is 0.0927. The van der Waals surface area contributed by atoms with Gasteiger partial charge in [0.25, 0.3) is 5.91 Å². The van der Waals surface area contributed by atoms with Crippen LogP contribution in [0.4, 0.5) is 0 Å². The Balaban J connectivity index is 1.64. The van der Waals surface area contributed by atoms with Gasteiger partial charge in [-0.25, -0.2) is 0 Å². The van der Waals surface area contributed by atoms with Gasteiger partial charge >= 0.3 is 0 Å². The first-order chi connectivity index (χ1) is 13.8. The molecule has 0 radical (unpaired) electrons. The van der Waals surface area contributed by atoms with Crippen molar-refractivity contribution >= 4 is 11.5 Å². The van der Waals surface area contributed by atoms with Gasteiger partial charge in [0.2, 0.25) is 0 Å². The third-order valence-electron chi connectivity index (χ3n) is 5.98. The van der Waals surface area contributed by atoms with E-state index in [9.17, 15) is 4.79 Å². The molecule has 0 bridgehead atoms. The molecular weight excluding hydrogens is 344 g/mol. The van der Waals surface area contributed by atoms with E-state index in [1.807, 2.05) is 12.1 Å². The van der Waals surface area contributed by atoms with Crippen LogP contribution < -0.4 is 10.6 Å². The maximum absolute atomic E-state index is 12.9. The fourth-order valence-electron chi connectivity index (χ4n) is 4.49. The topological polar surface area (TPSA) is 41.1 Å². The van der Waals surface area contributed by atoms with E-state index in [0.29, 0.717) is 6.04 Å². The molecule has 2 aromatic carbocycles. The molecule has 1 aliphatic heterocycles. The average Bonchev–Trinajstić information content (AvgIpc) is 2.76. The van der Waals surface area contributed by atoms with Gasteiger partial charge in [0.1, 0.15) is 0 Å². The lowest BCUT2D eigenvalue weighted by atomic mass is 9.88. The highest BCUT2D eigenvalue weighted by Crippen LogP contribution is 2.31. The Morgan fingerprint density at radius 3 is 2.25 bits per heavy atom. The van der Waals surface area contributed by atoms with Crippen LogP contribution in [-0.2, 0) is 0 Å². The SMILES string of the molecule is O=C(NC1CCCCC1)c1cccc(C(=C2CCNCC2)c2ccccc2)c1. The van der Waals surface area contributed by atoms with E-state index < -0.39 is 0 Å². The number of piperidine rings is 1. The van der Waals surface area contributed by atoms with Crippen LogP contribution in [0.15, 0.2) is 60.2 Å². The largest absolute Gasteiger partial charge is 0.349 e. The second-order valence-electron chi connectivity index (χ2n) is 7.98. The summed E-state index contributed by atoms with van der Waals surface area (Å²) in [7, 11) is 0. The minimum Gasteiger partial charge on any atom is -0.349 e. The van der Waals surface area contributed by atoms with Crippen molar-refractivity contribution in [3.05, 3.63) is 76.9 Å². The van der Waals surface area contributed by atoms with E-state index in [0.717, 1.165) is 49.9 Å². The zero-order chi connectivity index (χ0) is 19.2. The molecule has 1 saturated heterocycles. The lowest BCUT2D eigenvalue weighted by Crippen LogP contribution is -2.36. The van der Waals surface area contributed by atoms with Crippen LogP contribution in [0, 0.1) is 0 Å². The van der Waals surface area contributed by atoms with Gasteiger partial charge in [-0.15, -0.1) is 0 Å². The Bertz CT molecular complexity index is 827. The van der Waals surface area contributed by atoms with Crippen LogP contribution in [0.2, 0.25) is 0 Å². The third-order valence-corrected chi connectivity index (χ3v) is 5.98. The quantitative estimate of drug-likeness (QED) is 0.796. The lowest BCUT2D eigenvalue weighted by Gasteiger charge is -2.23. The van der Waals surface area contributed by atoms with E-state index in [1.54, 1.807) is 0 Å². The standard InChI is InChI=1S/C25H30N2O/c28-25(27-23-12-5-2-6-13-23)22-11-7-10-21(18-22)24(19-8-3-1-4-9-19)20-14-16-26-17-15-20/h1,3-4,7-11,18,23,26H,2,5-6,12-17H2,(H,27,28). The van der Waals surface area contributed by atoms with Gasteiger partial charge in [-0.05, 0) is 67.6 Å². The molecule has 146 valence electrons. The van der Waals surface area contributed by atoms with Crippen LogP contribution in [0.1, 0.15) is 66.4 Å². The van der Waals surface area contributed by atoms with Crippen LogP contribution in [-0.4, -0.2) is 25.0 Å². The highest BCUT2D eigenvalue weighted by atomic mass is 16.1. The van der Waals surface area contributed by atoms with Gasteiger partial charge < -0.3 is 10.6 Å². The molecule has 0 unspecified atom stereocenters. The fraction of sp³-hybridized carbons (Fsp3) is 0.400. The predicted octanol–water partition coefficient (Wildman–Crippen LogP) is 4.93. The van der Waals surface area contributed by atoms with Crippen molar-refractivity contribution < 1.29 is 4.79 Å². The molecule has 1 amide bonds. The van der Waals surface area contributed by atoms with Crippen LogP contribution in [0.3, 0.4) is 0 Å². The monoisotopic (exact) mass is 374 g/mol. The zero-order valence-electron chi connectivity index (χ0n) is 16.5. The second kappa shape index (κ2) is 9.20. The number of carbonyl (C=O) groups is 1. The number of carbonyl (C=O) groups excluding carboxylic acids is 1. The molecule has 0 spiro atoms. The first-order valence-corrected chi connectivity index (χ1v) is 10.7. The summed E-state index contributed by atoms with van der Waals surface area (Å²) in [6.07, 6.45) is 8.08. The van der Waals surface area contributed by atoms with Crippen LogP contribution in [0.25, 0.3) is 5.57 Å². The van der Waals surface area contributed by atoms with E-state index in [-0.39, 0.29) is 5.91 Å². The summed E-state index contributed by atoms with van der Waals surface area (Å²) in [5, 5.41) is 6.70. The fourth-order valence-corrected chi connectivity index (χ4v) is 4.49. The molecule has 0 aromatic heterocycles. The molecule has 3 nitrogen and oxygen atoms in total. The van der Waals surface area contributed by atoms with E-state index in [4.69, 9.17) is 0 Å². The molecule has 1 aliphatic carbocycles. The van der Waals surface area contributed by atoms with Gasteiger partial charge in [-0.1, -0.05) is 67.3 Å². The molecule has 1 saturated carbocycles. The molecular formula is C25H30N2O. The van der Waals surface area contributed by atoms with Crippen molar-refractivity contribution in [3.63, 3.8) is 0 Å². The molecule has 0 atom stereocenters. The van der Waals surface area contributed by atoms with E-state index >= 15 is 0 Å². The van der Waals surface area contributed by atoms with Crippen LogP contribution >= 0.6 is 0 Å². The van der Waals surface area contributed by atoms with E-state index in [1.165, 1.54) is 36.0 Å². The molecule has 2 aromatic rings. The molecule has 2 N–H and O–H groups in total. The number of amides is 1. The summed E-state index contributed by atoms with van der Waals surface area (Å²) in [6.45, 7) is 2.04. The summed E-state index contributed by atoms with van der Waals surface area (Å²) in [4.78, 5) is 12.9. The first kappa shape index (κ1) is 18.9. The number of rotatable bonds is 4. The van der Waals surface area contributed by atoms with Crippen molar-refractivity contribution in [1.29, 1.82) is 0 Å². The van der Waals surface area contributed by atoms with Gasteiger partial charge in [0.15, 0.2) is 0 Å².